The highest BCUT2D eigenvalue weighted by Gasteiger charge is 2.34. The van der Waals surface area contributed by atoms with Gasteiger partial charge in [0.05, 0.1) is 12.2 Å². The van der Waals surface area contributed by atoms with E-state index in [1.807, 2.05) is 6.07 Å². The Balaban J connectivity index is 1.71. The molecule has 2 aliphatic rings. The maximum absolute atomic E-state index is 5.86. The van der Waals surface area contributed by atoms with E-state index in [0.717, 1.165) is 37.7 Å². The molecule has 98 valence electrons. The van der Waals surface area contributed by atoms with Crippen molar-refractivity contribution in [3.63, 3.8) is 0 Å². The topological polar surface area (TPSA) is 37.4 Å². The average Bonchev–Trinajstić information content (AvgIpc) is 2.75. The van der Waals surface area contributed by atoms with Crippen LogP contribution < -0.4 is 10.2 Å². The molecule has 3 rings (SSSR count). The van der Waals surface area contributed by atoms with Crippen molar-refractivity contribution in [2.75, 3.05) is 29.9 Å². The van der Waals surface area contributed by atoms with E-state index in [-0.39, 0.29) is 0 Å². The number of anilines is 2. The number of rotatable bonds is 4. The monoisotopic (exact) mass is 247 g/mol. The van der Waals surface area contributed by atoms with Crippen molar-refractivity contribution in [3.05, 3.63) is 18.2 Å². The Hall–Kier alpha value is -1.29. The van der Waals surface area contributed by atoms with Gasteiger partial charge in [-0.2, -0.15) is 0 Å². The minimum absolute atomic E-state index is 0.415. The lowest BCUT2D eigenvalue weighted by Crippen LogP contribution is -2.43. The first kappa shape index (κ1) is 11.8. The molecule has 2 atom stereocenters. The maximum atomic E-state index is 5.86. The summed E-state index contributed by atoms with van der Waals surface area (Å²) < 4.78 is 5.86. The Labute approximate surface area is 108 Å². The molecule has 2 fully saturated rings. The first-order chi connectivity index (χ1) is 8.85. The van der Waals surface area contributed by atoms with E-state index in [9.17, 15) is 0 Å². The molecule has 0 spiro atoms. The minimum Gasteiger partial charge on any atom is -0.371 e. The molecule has 4 heteroatoms. The molecule has 1 aromatic heterocycles. The second-order valence-corrected chi connectivity index (χ2v) is 5.17. The average molecular weight is 247 g/mol. The fourth-order valence-corrected chi connectivity index (χ4v) is 2.75. The highest BCUT2D eigenvalue weighted by atomic mass is 16.5. The number of morpholine rings is 1. The fourth-order valence-electron chi connectivity index (χ4n) is 2.75. The quantitative estimate of drug-likeness (QED) is 0.885. The van der Waals surface area contributed by atoms with Crippen LogP contribution in [0.5, 0.6) is 0 Å². The molecule has 2 saturated heterocycles. The number of fused-ring (bicyclic) bond motifs is 2. The normalized spacial score (nSPS) is 26.4. The predicted molar refractivity (Wildman–Crippen MR) is 73.1 cm³/mol. The number of ether oxygens (including phenoxy) is 1. The van der Waals surface area contributed by atoms with Crippen molar-refractivity contribution in [3.8, 4) is 0 Å². The van der Waals surface area contributed by atoms with Crippen LogP contribution in [0.15, 0.2) is 18.2 Å². The van der Waals surface area contributed by atoms with Gasteiger partial charge in [0.1, 0.15) is 11.6 Å². The zero-order chi connectivity index (χ0) is 12.4. The minimum atomic E-state index is 0.415. The van der Waals surface area contributed by atoms with Crippen molar-refractivity contribution in [2.24, 2.45) is 0 Å². The summed E-state index contributed by atoms with van der Waals surface area (Å²) >= 11 is 0. The molecule has 18 heavy (non-hydrogen) atoms. The lowest BCUT2D eigenvalue weighted by atomic mass is 10.2. The van der Waals surface area contributed by atoms with E-state index >= 15 is 0 Å². The van der Waals surface area contributed by atoms with E-state index in [1.165, 1.54) is 12.8 Å². The summed E-state index contributed by atoms with van der Waals surface area (Å²) in [5.41, 5.74) is 0. The van der Waals surface area contributed by atoms with E-state index in [4.69, 9.17) is 4.74 Å². The molecule has 2 aliphatic heterocycles. The third-order valence-corrected chi connectivity index (χ3v) is 3.66. The fraction of sp³-hybridized carbons (Fsp3) is 0.643. The molecule has 0 saturated carbocycles. The molecule has 0 amide bonds. The van der Waals surface area contributed by atoms with Crippen molar-refractivity contribution >= 4 is 11.6 Å². The van der Waals surface area contributed by atoms with E-state index in [2.05, 4.69) is 34.3 Å². The van der Waals surface area contributed by atoms with Crippen LogP contribution in [0, 0.1) is 0 Å². The third-order valence-electron chi connectivity index (χ3n) is 3.66. The Morgan fingerprint density at radius 1 is 1.33 bits per heavy atom. The van der Waals surface area contributed by atoms with Gasteiger partial charge in [-0.1, -0.05) is 13.0 Å². The van der Waals surface area contributed by atoms with Gasteiger partial charge in [-0.3, -0.25) is 0 Å². The third kappa shape index (κ3) is 2.43. The molecule has 0 aliphatic carbocycles. The standard InChI is InChI=1S/C14H21N3O/c1-2-8-15-13-4-3-5-14(16-13)17-9-11-6-7-12(10-17)18-11/h3-5,11-12H,2,6-10H2,1H3,(H,15,16). The van der Waals surface area contributed by atoms with Gasteiger partial charge in [-0.05, 0) is 31.4 Å². The zero-order valence-electron chi connectivity index (χ0n) is 10.9. The summed E-state index contributed by atoms with van der Waals surface area (Å²) in [6.07, 6.45) is 4.35. The molecule has 4 nitrogen and oxygen atoms in total. The smallest absolute Gasteiger partial charge is 0.131 e. The molecule has 2 bridgehead atoms. The highest BCUT2D eigenvalue weighted by molar-refractivity contribution is 5.47. The summed E-state index contributed by atoms with van der Waals surface area (Å²) in [4.78, 5) is 7.05. The van der Waals surface area contributed by atoms with Crippen LogP contribution in [0.4, 0.5) is 11.6 Å². The van der Waals surface area contributed by atoms with Crippen LogP contribution in [0.25, 0.3) is 0 Å². The number of hydrogen-bond acceptors (Lipinski definition) is 4. The van der Waals surface area contributed by atoms with Gasteiger partial charge in [0.25, 0.3) is 0 Å². The van der Waals surface area contributed by atoms with Crippen LogP contribution in [0.2, 0.25) is 0 Å². The first-order valence-electron chi connectivity index (χ1n) is 6.96. The van der Waals surface area contributed by atoms with Crippen LogP contribution in [0.3, 0.4) is 0 Å². The summed E-state index contributed by atoms with van der Waals surface area (Å²) in [7, 11) is 0. The second-order valence-electron chi connectivity index (χ2n) is 5.17. The molecular formula is C14H21N3O. The number of nitrogens with one attached hydrogen (secondary N) is 1. The van der Waals surface area contributed by atoms with Crippen molar-refractivity contribution in [2.45, 2.75) is 38.4 Å². The summed E-state index contributed by atoms with van der Waals surface area (Å²) in [6, 6.07) is 6.22. The van der Waals surface area contributed by atoms with Gasteiger partial charge >= 0.3 is 0 Å². The van der Waals surface area contributed by atoms with Gasteiger partial charge in [-0.25, -0.2) is 4.98 Å². The number of nitrogens with zero attached hydrogens (tertiary/aromatic N) is 2. The number of hydrogen-bond donors (Lipinski definition) is 1. The van der Waals surface area contributed by atoms with Gasteiger partial charge in [0.2, 0.25) is 0 Å². The Kier molecular flexibility index (Phi) is 3.37. The lowest BCUT2D eigenvalue weighted by Gasteiger charge is -2.33. The number of pyridine rings is 1. The number of aromatic nitrogens is 1. The van der Waals surface area contributed by atoms with Crippen molar-refractivity contribution < 1.29 is 4.74 Å². The molecule has 0 radical (unpaired) electrons. The molecule has 3 heterocycles. The van der Waals surface area contributed by atoms with Gasteiger partial charge in [-0.15, -0.1) is 0 Å². The first-order valence-corrected chi connectivity index (χ1v) is 6.96. The van der Waals surface area contributed by atoms with Gasteiger partial charge in [0.15, 0.2) is 0 Å². The van der Waals surface area contributed by atoms with Crippen LogP contribution >= 0.6 is 0 Å². The lowest BCUT2D eigenvalue weighted by molar-refractivity contribution is 0.0302. The maximum Gasteiger partial charge on any atom is 0.131 e. The Morgan fingerprint density at radius 3 is 2.83 bits per heavy atom. The molecule has 1 N–H and O–H groups in total. The van der Waals surface area contributed by atoms with Crippen molar-refractivity contribution in [1.82, 2.24) is 4.98 Å². The SMILES string of the molecule is CCCNc1cccc(N2CC3CCC(C2)O3)n1. The largest absolute Gasteiger partial charge is 0.371 e. The Bertz CT molecular complexity index is 398. The molecular weight excluding hydrogens is 226 g/mol. The summed E-state index contributed by atoms with van der Waals surface area (Å²) in [5.74, 6) is 2.06. The van der Waals surface area contributed by atoms with Crippen LogP contribution in [-0.4, -0.2) is 36.8 Å². The zero-order valence-corrected chi connectivity index (χ0v) is 10.9. The highest BCUT2D eigenvalue weighted by Crippen LogP contribution is 2.29. The van der Waals surface area contributed by atoms with E-state index in [1.54, 1.807) is 0 Å². The summed E-state index contributed by atoms with van der Waals surface area (Å²) in [6.45, 7) is 5.11. The molecule has 2 unspecified atom stereocenters. The van der Waals surface area contributed by atoms with Gasteiger partial charge in [0, 0.05) is 19.6 Å². The van der Waals surface area contributed by atoms with Crippen LogP contribution in [-0.2, 0) is 4.74 Å². The Morgan fingerprint density at radius 2 is 2.11 bits per heavy atom. The van der Waals surface area contributed by atoms with E-state index in [0.29, 0.717) is 12.2 Å². The van der Waals surface area contributed by atoms with Crippen molar-refractivity contribution in [1.29, 1.82) is 0 Å². The molecule has 0 aromatic carbocycles. The van der Waals surface area contributed by atoms with Crippen LogP contribution in [0.1, 0.15) is 26.2 Å². The predicted octanol–water partition coefficient (Wildman–Crippen LogP) is 2.27. The summed E-state index contributed by atoms with van der Waals surface area (Å²) in [5, 5.41) is 3.34. The second kappa shape index (κ2) is 5.14. The van der Waals surface area contributed by atoms with Gasteiger partial charge < -0.3 is 15.0 Å². The van der Waals surface area contributed by atoms with E-state index < -0.39 is 0 Å². The molecule has 1 aromatic rings.